The smallest absolute Gasteiger partial charge is 0.253 e. The molecule has 1 N–H and O–H groups in total. The van der Waals surface area contributed by atoms with Crippen LogP contribution in [0.4, 0.5) is 5.82 Å². The lowest BCUT2D eigenvalue weighted by molar-refractivity contribution is 0.0709. The van der Waals surface area contributed by atoms with Crippen molar-refractivity contribution >= 4 is 33.4 Å². The molecule has 0 radical (unpaired) electrons. The fourth-order valence-corrected chi connectivity index (χ4v) is 5.61. The molecule has 0 bridgehead atoms. The Bertz CT molecular complexity index is 1340. The number of amides is 1. The van der Waals surface area contributed by atoms with Crippen molar-refractivity contribution in [3.05, 3.63) is 81.5 Å². The lowest BCUT2D eigenvalue weighted by Crippen LogP contribution is -2.42. The second-order valence-electron chi connectivity index (χ2n) is 8.55. The van der Waals surface area contributed by atoms with Crippen LogP contribution in [0.25, 0.3) is 0 Å². The van der Waals surface area contributed by atoms with E-state index in [1.807, 2.05) is 47.4 Å². The Labute approximate surface area is 205 Å². The Hall–Kier alpha value is -3.75. The van der Waals surface area contributed by atoms with Gasteiger partial charge in [0.25, 0.3) is 5.91 Å². The van der Waals surface area contributed by atoms with E-state index in [-0.39, 0.29) is 17.7 Å². The zero-order chi connectivity index (χ0) is 23.7. The van der Waals surface area contributed by atoms with E-state index < -0.39 is 5.92 Å². The number of aliphatic imine (C=N–C) groups is 1. The third-order valence-electron chi connectivity index (χ3n) is 6.72. The number of piperidine rings is 1. The minimum atomic E-state index is -0.489. The zero-order valence-corrected chi connectivity index (χ0v) is 19.9. The number of halogens is 1. The molecule has 3 aromatic rings. The molecule has 2 aliphatic heterocycles. The van der Waals surface area contributed by atoms with E-state index in [1.165, 1.54) is 0 Å². The highest BCUT2D eigenvalue weighted by atomic mass is 79.9. The number of rotatable bonds is 3. The number of fused-ring (bicyclic) bond motifs is 1. The molecular formula is C26H21BrN6O. The predicted octanol–water partition coefficient (Wildman–Crippen LogP) is 4.95. The number of hydrogen-bond donors (Lipinski definition) is 1. The number of nitrogens with zero attached hydrogens (tertiary/aromatic N) is 5. The summed E-state index contributed by atoms with van der Waals surface area (Å²) in [6.45, 7) is 1.23. The second kappa shape index (κ2) is 9.24. The Morgan fingerprint density at radius 1 is 1.06 bits per heavy atom. The van der Waals surface area contributed by atoms with Gasteiger partial charge in [0.2, 0.25) is 0 Å². The molecule has 2 aromatic carbocycles. The van der Waals surface area contributed by atoms with Crippen molar-refractivity contribution in [2.24, 2.45) is 16.8 Å². The molecule has 7 nitrogen and oxygen atoms in total. The van der Waals surface area contributed by atoms with Crippen molar-refractivity contribution in [1.82, 2.24) is 15.1 Å². The van der Waals surface area contributed by atoms with Gasteiger partial charge in [0.1, 0.15) is 6.07 Å². The average Bonchev–Trinajstić information content (AvgIpc) is 3.36. The van der Waals surface area contributed by atoms with Crippen LogP contribution in [-0.2, 0) is 0 Å². The molecule has 0 spiro atoms. The molecule has 2 aliphatic rings. The van der Waals surface area contributed by atoms with Gasteiger partial charge in [0.05, 0.1) is 23.7 Å². The molecule has 1 amide bonds. The predicted molar refractivity (Wildman–Crippen MR) is 131 cm³/mol. The third-order valence-corrected chi connectivity index (χ3v) is 7.60. The lowest BCUT2D eigenvalue weighted by Gasteiger charge is -2.36. The summed E-state index contributed by atoms with van der Waals surface area (Å²) < 4.78 is 0.694. The van der Waals surface area contributed by atoms with Crippen molar-refractivity contribution in [1.29, 1.82) is 10.5 Å². The maximum atomic E-state index is 12.9. The van der Waals surface area contributed by atoms with E-state index in [9.17, 15) is 15.3 Å². The van der Waals surface area contributed by atoms with Crippen molar-refractivity contribution in [2.45, 2.75) is 18.8 Å². The van der Waals surface area contributed by atoms with Crippen LogP contribution in [0.15, 0.2) is 64.2 Å². The van der Waals surface area contributed by atoms with Gasteiger partial charge in [-0.25, -0.2) is 4.99 Å². The summed E-state index contributed by atoms with van der Waals surface area (Å²) in [7, 11) is 0. The van der Waals surface area contributed by atoms with E-state index in [1.54, 1.807) is 12.3 Å². The van der Waals surface area contributed by atoms with Crippen molar-refractivity contribution < 1.29 is 4.79 Å². The van der Waals surface area contributed by atoms with E-state index in [0.29, 0.717) is 34.5 Å². The number of nitrogens with one attached hydrogen (secondary N) is 1. The number of carbonyl (C=O) groups excluding carboxylic acids is 1. The van der Waals surface area contributed by atoms with Crippen LogP contribution >= 0.6 is 15.9 Å². The number of hydrogen-bond acceptors (Lipinski definition) is 5. The van der Waals surface area contributed by atoms with Crippen molar-refractivity contribution in [2.75, 3.05) is 13.1 Å². The van der Waals surface area contributed by atoms with E-state index in [4.69, 9.17) is 4.99 Å². The lowest BCUT2D eigenvalue weighted by atomic mass is 9.73. The van der Waals surface area contributed by atoms with Gasteiger partial charge in [-0.1, -0.05) is 30.3 Å². The molecule has 34 heavy (non-hydrogen) atoms. The van der Waals surface area contributed by atoms with Gasteiger partial charge >= 0.3 is 0 Å². The normalized spacial score (nSPS) is 20.1. The topological polar surface area (TPSA) is 109 Å². The molecule has 2 atom stereocenters. The van der Waals surface area contributed by atoms with Crippen LogP contribution in [0.3, 0.4) is 0 Å². The van der Waals surface area contributed by atoms with Crippen LogP contribution in [0.1, 0.15) is 45.8 Å². The van der Waals surface area contributed by atoms with Gasteiger partial charge in [-0.3, -0.25) is 9.89 Å². The first-order valence-electron chi connectivity index (χ1n) is 11.2. The number of carbonyl (C=O) groups is 1. The highest BCUT2D eigenvalue weighted by molar-refractivity contribution is 9.10. The van der Waals surface area contributed by atoms with E-state index in [2.05, 4.69) is 38.3 Å². The van der Waals surface area contributed by atoms with Gasteiger partial charge in [0, 0.05) is 46.2 Å². The molecule has 1 fully saturated rings. The number of aromatic nitrogens is 2. The van der Waals surface area contributed by atoms with Crippen LogP contribution in [0.2, 0.25) is 0 Å². The van der Waals surface area contributed by atoms with Crippen LogP contribution in [0, 0.1) is 34.5 Å². The number of aromatic amines is 1. The minimum Gasteiger partial charge on any atom is -0.339 e. The van der Waals surface area contributed by atoms with Crippen molar-refractivity contribution in [3.63, 3.8) is 0 Å². The molecule has 2 unspecified atom stereocenters. The fourth-order valence-electron chi connectivity index (χ4n) is 5.01. The zero-order valence-electron chi connectivity index (χ0n) is 18.3. The van der Waals surface area contributed by atoms with Crippen LogP contribution in [0.5, 0.6) is 0 Å². The summed E-state index contributed by atoms with van der Waals surface area (Å²) in [6.07, 6.45) is 3.20. The first-order chi connectivity index (χ1) is 16.6. The largest absolute Gasteiger partial charge is 0.339 e. The Morgan fingerprint density at radius 2 is 1.82 bits per heavy atom. The summed E-state index contributed by atoms with van der Waals surface area (Å²) in [5.74, 6) is -0.00744. The molecule has 0 saturated carbocycles. The first-order valence-corrected chi connectivity index (χ1v) is 12.0. The third kappa shape index (κ3) is 3.81. The quantitative estimate of drug-likeness (QED) is 0.534. The minimum absolute atomic E-state index is 0.0347. The van der Waals surface area contributed by atoms with E-state index >= 15 is 0 Å². The standard InChI is InChI=1S/C26H21BrN6O/c27-23-18(13-28)7-4-8-19(23)22-20(14-29)24(31-25-21(22)15-30-32-25)16-9-11-33(12-10-16)26(34)17-5-2-1-3-6-17/h1-8,15-16,20,22H,9-12H2,(H,30,32). The maximum Gasteiger partial charge on any atom is 0.253 e. The van der Waals surface area contributed by atoms with Gasteiger partial charge in [-0.15, -0.1) is 0 Å². The SMILES string of the molecule is N#Cc1cccc(C2c3cn[nH]c3N=C(C3CCN(C(=O)c4ccccc4)CC3)C2C#N)c1Br. The molecule has 1 saturated heterocycles. The molecule has 8 heteroatoms. The molecule has 0 aliphatic carbocycles. The van der Waals surface area contributed by atoms with Crippen LogP contribution in [-0.4, -0.2) is 39.8 Å². The second-order valence-corrected chi connectivity index (χ2v) is 9.34. The van der Waals surface area contributed by atoms with E-state index in [0.717, 1.165) is 29.7 Å². The summed E-state index contributed by atoms with van der Waals surface area (Å²) >= 11 is 3.59. The van der Waals surface area contributed by atoms with Gasteiger partial charge in [0.15, 0.2) is 5.82 Å². The summed E-state index contributed by atoms with van der Waals surface area (Å²) in [6, 6.07) is 19.6. The number of nitriles is 2. The Balaban J connectivity index is 1.44. The summed E-state index contributed by atoms with van der Waals surface area (Å²) in [4.78, 5) is 19.6. The molecule has 5 rings (SSSR count). The number of likely N-dealkylation sites (tertiary alicyclic amines) is 1. The average molecular weight is 513 g/mol. The van der Waals surface area contributed by atoms with Gasteiger partial charge in [-0.2, -0.15) is 15.6 Å². The Kier molecular flexibility index (Phi) is 6.00. The van der Waals surface area contributed by atoms with Gasteiger partial charge < -0.3 is 4.90 Å². The molecule has 168 valence electrons. The number of benzene rings is 2. The van der Waals surface area contributed by atoms with Crippen molar-refractivity contribution in [3.8, 4) is 12.1 Å². The highest BCUT2D eigenvalue weighted by Crippen LogP contribution is 2.46. The van der Waals surface area contributed by atoms with Crippen LogP contribution < -0.4 is 0 Å². The first kappa shape index (κ1) is 22.1. The molecular weight excluding hydrogens is 492 g/mol. The fraction of sp³-hybridized carbons (Fsp3) is 0.269. The van der Waals surface area contributed by atoms with Gasteiger partial charge in [-0.05, 0) is 52.5 Å². The molecule has 1 aromatic heterocycles. The number of H-pyrrole nitrogens is 1. The summed E-state index contributed by atoms with van der Waals surface area (Å²) in [5, 5.41) is 27.0. The Morgan fingerprint density at radius 3 is 2.53 bits per heavy atom. The molecule has 3 heterocycles. The maximum absolute atomic E-state index is 12.9. The highest BCUT2D eigenvalue weighted by Gasteiger charge is 2.41. The summed E-state index contributed by atoms with van der Waals surface area (Å²) in [5.41, 5.74) is 3.76. The monoisotopic (exact) mass is 512 g/mol.